The summed E-state index contributed by atoms with van der Waals surface area (Å²) in [5.74, 6) is 0.682. The zero-order valence-electron chi connectivity index (χ0n) is 6.24. The van der Waals surface area contributed by atoms with Gasteiger partial charge in [0.05, 0.1) is 0 Å². The van der Waals surface area contributed by atoms with Gasteiger partial charge in [-0.05, 0) is 62.2 Å². The molecule has 13 heavy (non-hydrogen) atoms. The van der Waals surface area contributed by atoms with Crippen molar-refractivity contribution in [2.24, 2.45) is 0 Å². The highest BCUT2D eigenvalue weighted by atomic mass is 127. The van der Waals surface area contributed by atoms with Crippen molar-refractivity contribution in [3.8, 4) is 11.5 Å². The monoisotopic (exact) mass is 367 g/mol. The number of pyridine rings is 1. The predicted molar refractivity (Wildman–Crippen MR) is 63.6 cm³/mol. The van der Waals surface area contributed by atoms with E-state index in [1.54, 1.807) is 6.20 Å². The van der Waals surface area contributed by atoms with Crippen LogP contribution in [0.3, 0.4) is 0 Å². The average molecular weight is 368 g/mol. The Morgan fingerprint density at radius 2 is 2.31 bits per heavy atom. The number of hydrogen-bond donors (Lipinski definition) is 0. The lowest BCUT2D eigenvalue weighted by molar-refractivity contribution is 1.21. The second-order valence-electron chi connectivity index (χ2n) is 2.20. The molecule has 2 aromatic heterocycles. The van der Waals surface area contributed by atoms with Gasteiger partial charge < -0.3 is 0 Å². The summed E-state index contributed by atoms with van der Waals surface area (Å²) in [5.41, 5.74) is 0.793. The van der Waals surface area contributed by atoms with E-state index in [-0.39, 0.29) is 0 Å². The van der Waals surface area contributed by atoms with Gasteiger partial charge in [0, 0.05) is 10.7 Å². The van der Waals surface area contributed by atoms with Gasteiger partial charge in [0.25, 0.3) is 0 Å². The maximum Gasteiger partial charge on any atom is 0.193 e. The van der Waals surface area contributed by atoms with Crippen molar-refractivity contribution in [2.45, 2.75) is 0 Å². The molecule has 6 heteroatoms. The van der Waals surface area contributed by atoms with Crippen molar-refractivity contribution in [3.05, 3.63) is 25.8 Å². The van der Waals surface area contributed by atoms with E-state index in [1.165, 1.54) is 11.5 Å². The molecule has 0 atom stereocenters. The van der Waals surface area contributed by atoms with Crippen LogP contribution in [0.25, 0.3) is 11.5 Å². The molecule has 0 spiro atoms. The largest absolute Gasteiger partial charge is 0.252 e. The normalized spacial score (nSPS) is 10.3. The van der Waals surface area contributed by atoms with Crippen LogP contribution in [0.2, 0.25) is 0 Å². The second kappa shape index (κ2) is 3.97. The van der Waals surface area contributed by atoms with Crippen LogP contribution in [0, 0.1) is 3.01 Å². The summed E-state index contributed by atoms with van der Waals surface area (Å²) in [6.07, 6.45) is 1.73. The van der Waals surface area contributed by atoms with Crippen LogP contribution in [0.1, 0.15) is 0 Å². The van der Waals surface area contributed by atoms with Gasteiger partial charge in [-0.1, -0.05) is 0 Å². The van der Waals surface area contributed by atoms with Gasteiger partial charge in [-0.2, -0.15) is 4.37 Å². The van der Waals surface area contributed by atoms with Crippen LogP contribution < -0.4 is 0 Å². The summed E-state index contributed by atoms with van der Waals surface area (Å²) in [7, 11) is 0. The quantitative estimate of drug-likeness (QED) is 0.727. The topological polar surface area (TPSA) is 38.7 Å². The Morgan fingerprint density at radius 3 is 2.92 bits per heavy atom. The Kier molecular flexibility index (Phi) is 2.89. The minimum absolute atomic E-state index is 0.682. The Balaban J connectivity index is 2.52. The van der Waals surface area contributed by atoms with E-state index >= 15 is 0 Å². The second-order valence-corrected chi connectivity index (χ2v) is 5.56. The van der Waals surface area contributed by atoms with Crippen molar-refractivity contribution >= 4 is 50.1 Å². The fourth-order valence-electron chi connectivity index (χ4n) is 0.851. The average Bonchev–Trinajstić information content (AvgIpc) is 2.53. The molecule has 0 amide bonds. The summed E-state index contributed by atoms with van der Waals surface area (Å²) < 4.78 is 6.02. The third-order valence-electron chi connectivity index (χ3n) is 1.37. The van der Waals surface area contributed by atoms with Gasteiger partial charge in [-0.15, -0.1) is 0 Å². The molecule has 66 valence electrons. The molecule has 0 fully saturated rings. The van der Waals surface area contributed by atoms with Crippen molar-refractivity contribution in [1.82, 2.24) is 14.3 Å². The Bertz CT molecular complexity index is 431. The van der Waals surface area contributed by atoms with E-state index in [0.717, 1.165) is 13.2 Å². The van der Waals surface area contributed by atoms with Crippen LogP contribution >= 0.6 is 50.1 Å². The maximum absolute atomic E-state index is 4.24. The lowest BCUT2D eigenvalue weighted by Gasteiger charge is -1.95. The van der Waals surface area contributed by atoms with Gasteiger partial charge in [-0.3, -0.25) is 4.98 Å². The molecule has 0 radical (unpaired) electrons. The van der Waals surface area contributed by atoms with E-state index in [2.05, 4.69) is 52.9 Å². The summed E-state index contributed by atoms with van der Waals surface area (Å²) in [5, 5.41) is 0. The molecule has 2 heterocycles. The Morgan fingerprint density at radius 1 is 1.46 bits per heavy atom. The van der Waals surface area contributed by atoms with Crippen molar-refractivity contribution < 1.29 is 0 Å². The maximum atomic E-state index is 4.24. The molecule has 2 aromatic rings. The first-order valence-electron chi connectivity index (χ1n) is 3.37. The molecule has 0 unspecified atom stereocenters. The predicted octanol–water partition coefficient (Wildman–Crippen LogP) is 2.97. The first-order valence-corrected chi connectivity index (χ1v) is 6.02. The van der Waals surface area contributed by atoms with Crippen LogP contribution in [0.5, 0.6) is 0 Å². The number of nitrogens with zero attached hydrogens (tertiary/aromatic N) is 3. The van der Waals surface area contributed by atoms with Crippen LogP contribution in [0.15, 0.2) is 22.8 Å². The lowest BCUT2D eigenvalue weighted by Crippen LogP contribution is -1.86. The van der Waals surface area contributed by atoms with Gasteiger partial charge in [0.2, 0.25) is 0 Å². The smallest absolute Gasteiger partial charge is 0.193 e. The van der Waals surface area contributed by atoms with E-state index in [0.29, 0.717) is 5.82 Å². The Hall–Kier alpha value is -0.0800. The molecule has 0 saturated heterocycles. The molecule has 2 rings (SSSR count). The van der Waals surface area contributed by atoms with E-state index in [9.17, 15) is 0 Å². The molecule has 3 nitrogen and oxygen atoms in total. The lowest BCUT2D eigenvalue weighted by atomic mass is 10.3. The zero-order valence-corrected chi connectivity index (χ0v) is 10.8. The molecular weight excluding hydrogens is 365 g/mol. The zero-order chi connectivity index (χ0) is 9.26. The third kappa shape index (κ3) is 2.05. The Labute approximate surface area is 101 Å². The third-order valence-corrected chi connectivity index (χ3v) is 3.35. The summed E-state index contributed by atoms with van der Waals surface area (Å²) in [4.78, 5) is 8.44. The molecule has 0 aliphatic carbocycles. The van der Waals surface area contributed by atoms with E-state index in [4.69, 9.17) is 0 Å². The van der Waals surface area contributed by atoms with Gasteiger partial charge >= 0.3 is 0 Å². The first kappa shape index (κ1) is 9.47. The molecular formula is C7H3BrIN3S. The molecule has 0 bridgehead atoms. The molecule has 0 aliphatic heterocycles. The van der Waals surface area contributed by atoms with Crippen LogP contribution in [-0.4, -0.2) is 14.3 Å². The first-order chi connectivity index (χ1) is 6.27. The summed E-state index contributed by atoms with van der Waals surface area (Å²) in [6, 6.07) is 3.79. The van der Waals surface area contributed by atoms with E-state index < -0.39 is 0 Å². The van der Waals surface area contributed by atoms with Gasteiger partial charge in [0.1, 0.15) is 5.69 Å². The SMILES string of the molecule is Brc1cccnc1-c1nsc(I)n1. The number of hydrogen-bond acceptors (Lipinski definition) is 4. The molecule has 0 aliphatic rings. The fraction of sp³-hybridized carbons (Fsp3) is 0. The van der Waals surface area contributed by atoms with Crippen molar-refractivity contribution in [2.75, 3.05) is 0 Å². The minimum Gasteiger partial charge on any atom is -0.252 e. The number of halogens is 2. The van der Waals surface area contributed by atoms with E-state index in [1.807, 2.05) is 12.1 Å². The standard InChI is InChI=1S/C7H3BrIN3S/c8-4-2-1-3-10-5(4)6-11-7(9)13-12-6/h1-3H. The molecule has 0 N–H and O–H groups in total. The highest BCUT2D eigenvalue weighted by Gasteiger charge is 2.08. The fourth-order valence-corrected chi connectivity index (χ4v) is 2.22. The van der Waals surface area contributed by atoms with Gasteiger partial charge in [-0.25, -0.2) is 4.98 Å². The number of aromatic nitrogens is 3. The molecule has 0 saturated carbocycles. The summed E-state index contributed by atoms with van der Waals surface area (Å²) >= 11 is 6.92. The van der Waals surface area contributed by atoms with Crippen LogP contribution in [0.4, 0.5) is 0 Å². The minimum atomic E-state index is 0.682. The highest BCUT2D eigenvalue weighted by Crippen LogP contribution is 2.24. The van der Waals surface area contributed by atoms with Crippen LogP contribution in [-0.2, 0) is 0 Å². The highest BCUT2D eigenvalue weighted by molar-refractivity contribution is 14.1. The number of rotatable bonds is 1. The summed E-state index contributed by atoms with van der Waals surface area (Å²) in [6.45, 7) is 0. The molecule has 0 aromatic carbocycles. The van der Waals surface area contributed by atoms with Gasteiger partial charge in [0.15, 0.2) is 8.84 Å². The van der Waals surface area contributed by atoms with Crippen molar-refractivity contribution in [1.29, 1.82) is 0 Å². The van der Waals surface area contributed by atoms with Crippen molar-refractivity contribution in [3.63, 3.8) is 0 Å².